The molecule has 0 aromatic carbocycles. The summed E-state index contributed by atoms with van der Waals surface area (Å²) in [5.74, 6) is -0.360. The number of rotatable bonds is 5. The number of carbonyl (C=O) groups is 1. The molecule has 0 aliphatic heterocycles. The normalized spacial score (nSPS) is 10.4. The number of esters is 1. The number of hydrogen-bond acceptors (Lipinski definition) is 6. The van der Waals surface area contributed by atoms with Crippen LogP contribution in [0.15, 0.2) is 4.90 Å². The smallest absolute Gasteiger partial charge is 0.350 e. The molecule has 2 N–H and O–H groups in total. The van der Waals surface area contributed by atoms with Crippen molar-refractivity contribution >= 4 is 39.8 Å². The van der Waals surface area contributed by atoms with Gasteiger partial charge in [0.25, 0.3) is 0 Å². The average molecular weight is 274 g/mol. The lowest BCUT2D eigenvalue weighted by Gasteiger charge is -2.20. The van der Waals surface area contributed by atoms with Crippen LogP contribution in [0.3, 0.4) is 0 Å². The summed E-state index contributed by atoms with van der Waals surface area (Å²) in [5, 5.41) is 1.06. The number of nitrogens with zero attached hydrogens (tertiary/aromatic N) is 1. The summed E-state index contributed by atoms with van der Waals surface area (Å²) in [4.78, 5) is 15.3. The SMILES string of the molecule is CCN(CC)c1sc(C(=O)OC)c(N)c1SC. The molecule has 0 unspecified atom stereocenters. The summed E-state index contributed by atoms with van der Waals surface area (Å²) in [6.45, 7) is 5.96. The lowest BCUT2D eigenvalue weighted by Crippen LogP contribution is -2.21. The fourth-order valence-corrected chi connectivity index (χ4v) is 3.80. The van der Waals surface area contributed by atoms with E-state index < -0.39 is 0 Å². The van der Waals surface area contributed by atoms with Gasteiger partial charge in [-0.2, -0.15) is 0 Å². The molecule has 0 spiro atoms. The van der Waals surface area contributed by atoms with Crippen LogP contribution in [0.4, 0.5) is 10.7 Å². The lowest BCUT2D eigenvalue weighted by atomic mass is 10.4. The molecule has 6 heteroatoms. The minimum atomic E-state index is -0.360. The monoisotopic (exact) mass is 274 g/mol. The highest BCUT2D eigenvalue weighted by molar-refractivity contribution is 7.99. The molecule has 0 saturated carbocycles. The second-order valence-corrected chi connectivity index (χ2v) is 5.16. The molecular weight excluding hydrogens is 256 g/mol. The number of thioether (sulfide) groups is 1. The van der Waals surface area contributed by atoms with Gasteiger partial charge in [0.15, 0.2) is 0 Å². The van der Waals surface area contributed by atoms with Gasteiger partial charge in [0, 0.05) is 13.1 Å². The minimum absolute atomic E-state index is 0.360. The summed E-state index contributed by atoms with van der Waals surface area (Å²) in [7, 11) is 1.37. The summed E-state index contributed by atoms with van der Waals surface area (Å²) < 4.78 is 4.74. The van der Waals surface area contributed by atoms with E-state index in [1.54, 1.807) is 11.8 Å². The highest BCUT2D eigenvalue weighted by Crippen LogP contribution is 2.43. The summed E-state index contributed by atoms with van der Waals surface area (Å²) in [6, 6.07) is 0. The van der Waals surface area contributed by atoms with E-state index in [0.717, 1.165) is 23.0 Å². The van der Waals surface area contributed by atoms with Crippen molar-refractivity contribution in [2.75, 3.05) is 37.1 Å². The summed E-state index contributed by atoms with van der Waals surface area (Å²) in [6.07, 6.45) is 1.96. The fraction of sp³-hybridized carbons (Fsp3) is 0.545. The first-order chi connectivity index (χ1) is 8.10. The van der Waals surface area contributed by atoms with Crippen molar-refractivity contribution in [1.29, 1.82) is 0 Å². The predicted molar refractivity (Wildman–Crippen MR) is 75.4 cm³/mol. The quantitative estimate of drug-likeness (QED) is 0.661. The molecule has 0 radical (unpaired) electrons. The third-order valence-electron chi connectivity index (χ3n) is 2.51. The third kappa shape index (κ3) is 2.69. The van der Waals surface area contributed by atoms with Crippen LogP contribution in [-0.4, -0.2) is 32.4 Å². The number of nitrogen functional groups attached to an aromatic ring is 1. The van der Waals surface area contributed by atoms with E-state index in [2.05, 4.69) is 18.7 Å². The maximum absolute atomic E-state index is 11.6. The van der Waals surface area contributed by atoms with E-state index in [-0.39, 0.29) is 5.97 Å². The first-order valence-electron chi connectivity index (χ1n) is 5.40. The van der Waals surface area contributed by atoms with Gasteiger partial charge >= 0.3 is 5.97 Å². The van der Waals surface area contributed by atoms with E-state index in [9.17, 15) is 4.79 Å². The van der Waals surface area contributed by atoms with Crippen molar-refractivity contribution in [3.63, 3.8) is 0 Å². The molecule has 4 nitrogen and oxygen atoms in total. The Morgan fingerprint density at radius 3 is 2.47 bits per heavy atom. The molecule has 0 amide bonds. The molecule has 0 aliphatic carbocycles. The standard InChI is InChI=1S/C11H18N2O2S2/c1-5-13(6-2)10-8(16-4)7(12)9(17-10)11(14)15-3/h5-6,12H2,1-4H3. The van der Waals surface area contributed by atoms with E-state index in [0.29, 0.717) is 10.6 Å². The Labute approximate surface area is 110 Å². The van der Waals surface area contributed by atoms with E-state index in [1.165, 1.54) is 18.4 Å². The van der Waals surface area contributed by atoms with Gasteiger partial charge in [-0.25, -0.2) is 4.79 Å². The second-order valence-electron chi connectivity index (χ2n) is 3.35. The number of anilines is 2. The van der Waals surface area contributed by atoms with Crippen LogP contribution in [0.5, 0.6) is 0 Å². The van der Waals surface area contributed by atoms with Gasteiger partial charge in [-0.15, -0.1) is 23.1 Å². The van der Waals surface area contributed by atoms with Gasteiger partial charge in [-0.05, 0) is 20.1 Å². The van der Waals surface area contributed by atoms with Crippen molar-refractivity contribution in [2.24, 2.45) is 0 Å². The summed E-state index contributed by atoms with van der Waals surface area (Å²) >= 11 is 2.97. The number of nitrogens with two attached hydrogens (primary N) is 1. The number of hydrogen-bond donors (Lipinski definition) is 1. The number of ether oxygens (including phenoxy) is 1. The molecule has 0 fully saturated rings. The largest absolute Gasteiger partial charge is 0.465 e. The van der Waals surface area contributed by atoms with Gasteiger partial charge in [-0.1, -0.05) is 0 Å². The minimum Gasteiger partial charge on any atom is -0.465 e. The van der Waals surface area contributed by atoms with Crippen LogP contribution < -0.4 is 10.6 Å². The molecular formula is C11H18N2O2S2. The first-order valence-corrected chi connectivity index (χ1v) is 7.44. The Bertz CT molecular complexity index is 400. The van der Waals surface area contributed by atoms with Crippen LogP contribution in [0.2, 0.25) is 0 Å². The lowest BCUT2D eigenvalue weighted by molar-refractivity contribution is 0.0607. The average Bonchev–Trinajstić information content (AvgIpc) is 2.67. The van der Waals surface area contributed by atoms with Crippen LogP contribution in [0.1, 0.15) is 23.5 Å². The molecule has 1 aromatic rings. The van der Waals surface area contributed by atoms with E-state index in [1.807, 2.05) is 6.26 Å². The van der Waals surface area contributed by atoms with Crippen molar-refractivity contribution in [3.05, 3.63) is 4.88 Å². The zero-order valence-corrected chi connectivity index (χ0v) is 12.2. The number of thiophene rings is 1. The molecule has 1 heterocycles. The molecule has 0 bridgehead atoms. The summed E-state index contributed by atoms with van der Waals surface area (Å²) in [5.41, 5.74) is 6.54. The van der Waals surface area contributed by atoms with E-state index >= 15 is 0 Å². The Kier molecular flexibility index (Phi) is 5.14. The van der Waals surface area contributed by atoms with Crippen molar-refractivity contribution in [2.45, 2.75) is 18.7 Å². The Morgan fingerprint density at radius 2 is 2.06 bits per heavy atom. The predicted octanol–water partition coefficient (Wildman–Crippen LogP) is 2.69. The van der Waals surface area contributed by atoms with Gasteiger partial charge in [0.2, 0.25) is 0 Å². The Balaban J connectivity index is 3.26. The van der Waals surface area contributed by atoms with Crippen LogP contribution >= 0.6 is 23.1 Å². The maximum atomic E-state index is 11.6. The van der Waals surface area contributed by atoms with Crippen LogP contribution in [-0.2, 0) is 4.74 Å². The molecule has 1 rings (SSSR count). The zero-order valence-electron chi connectivity index (χ0n) is 10.6. The van der Waals surface area contributed by atoms with E-state index in [4.69, 9.17) is 10.5 Å². The van der Waals surface area contributed by atoms with Gasteiger partial charge < -0.3 is 15.4 Å². The van der Waals surface area contributed by atoms with Crippen LogP contribution in [0.25, 0.3) is 0 Å². The highest BCUT2D eigenvalue weighted by Gasteiger charge is 2.23. The van der Waals surface area contributed by atoms with Crippen molar-refractivity contribution in [3.8, 4) is 0 Å². The molecule has 96 valence electrons. The molecule has 17 heavy (non-hydrogen) atoms. The second kappa shape index (κ2) is 6.16. The zero-order chi connectivity index (χ0) is 13.0. The van der Waals surface area contributed by atoms with Crippen molar-refractivity contribution < 1.29 is 9.53 Å². The van der Waals surface area contributed by atoms with Crippen LogP contribution in [0, 0.1) is 0 Å². The van der Waals surface area contributed by atoms with Gasteiger partial charge in [-0.3, -0.25) is 0 Å². The molecule has 0 saturated heterocycles. The van der Waals surface area contributed by atoms with Crippen molar-refractivity contribution in [1.82, 2.24) is 0 Å². The molecule has 0 atom stereocenters. The maximum Gasteiger partial charge on any atom is 0.350 e. The third-order valence-corrected chi connectivity index (χ3v) is 4.70. The fourth-order valence-electron chi connectivity index (χ4n) is 1.58. The topological polar surface area (TPSA) is 55.6 Å². The molecule has 1 aromatic heterocycles. The Hall–Kier alpha value is -0.880. The number of carbonyl (C=O) groups excluding carboxylic acids is 1. The highest BCUT2D eigenvalue weighted by atomic mass is 32.2. The Morgan fingerprint density at radius 1 is 1.47 bits per heavy atom. The molecule has 0 aliphatic rings. The number of methoxy groups -OCH3 is 1. The van der Waals surface area contributed by atoms with Gasteiger partial charge in [0.05, 0.1) is 17.7 Å². The first kappa shape index (κ1) is 14.2. The van der Waals surface area contributed by atoms with Gasteiger partial charge in [0.1, 0.15) is 9.88 Å².